The molecule has 5 rings (SSSR count). The number of hydrogen-bond acceptors (Lipinski definition) is 3. The van der Waals surface area contributed by atoms with E-state index in [0.717, 1.165) is 54.3 Å². The molecule has 152 valence electrons. The van der Waals surface area contributed by atoms with Gasteiger partial charge in [-0.1, -0.05) is 37.5 Å². The molecule has 2 amide bonds. The Bertz CT molecular complexity index is 1120. The third kappa shape index (κ3) is 3.56. The number of benzene rings is 2. The largest absolute Gasteiger partial charge is 0.321 e. The first kappa shape index (κ1) is 18.8. The summed E-state index contributed by atoms with van der Waals surface area (Å²) in [6, 6.07) is 15.4. The quantitative estimate of drug-likeness (QED) is 0.677. The number of aromatic nitrogens is 1. The van der Waals surface area contributed by atoms with Crippen molar-refractivity contribution >= 4 is 34.1 Å². The highest BCUT2D eigenvalue weighted by molar-refractivity contribution is 6.06. The molecule has 1 aliphatic carbocycles. The minimum atomic E-state index is -0.160. The van der Waals surface area contributed by atoms with Crippen molar-refractivity contribution in [2.75, 3.05) is 16.8 Å². The van der Waals surface area contributed by atoms with Gasteiger partial charge in [-0.05, 0) is 55.2 Å². The highest BCUT2D eigenvalue weighted by Gasteiger charge is 2.31. The summed E-state index contributed by atoms with van der Waals surface area (Å²) in [4.78, 5) is 32.1. The van der Waals surface area contributed by atoms with Crippen LogP contribution in [0.3, 0.4) is 0 Å². The Morgan fingerprint density at radius 2 is 1.83 bits per heavy atom. The van der Waals surface area contributed by atoms with Crippen LogP contribution in [0.15, 0.2) is 54.7 Å². The fourth-order valence-corrected chi connectivity index (χ4v) is 4.68. The third-order valence-corrected chi connectivity index (χ3v) is 6.31. The third-order valence-electron chi connectivity index (χ3n) is 6.31. The Hall–Kier alpha value is -3.21. The maximum absolute atomic E-state index is 13.0. The number of rotatable bonds is 3. The molecule has 0 saturated heterocycles. The normalized spacial score (nSPS) is 16.5. The maximum Gasteiger partial charge on any atom is 0.255 e. The lowest BCUT2D eigenvalue weighted by atomic mass is 9.88. The molecule has 5 nitrogen and oxygen atoms in total. The second-order valence-corrected chi connectivity index (χ2v) is 8.29. The highest BCUT2D eigenvalue weighted by atomic mass is 16.2. The smallest absolute Gasteiger partial charge is 0.255 e. The molecule has 30 heavy (non-hydrogen) atoms. The van der Waals surface area contributed by atoms with Gasteiger partial charge in [0.15, 0.2) is 0 Å². The van der Waals surface area contributed by atoms with Crippen molar-refractivity contribution in [1.82, 2.24) is 4.98 Å². The number of anilines is 2. The van der Waals surface area contributed by atoms with E-state index in [0.29, 0.717) is 17.8 Å². The molecule has 0 bridgehead atoms. The summed E-state index contributed by atoms with van der Waals surface area (Å²) in [5.41, 5.74) is 4.22. The van der Waals surface area contributed by atoms with Gasteiger partial charge in [0, 0.05) is 29.1 Å². The van der Waals surface area contributed by atoms with Crippen LogP contribution in [0.1, 0.15) is 48.0 Å². The molecule has 3 aromatic rings. The van der Waals surface area contributed by atoms with Crippen LogP contribution in [0.2, 0.25) is 0 Å². The van der Waals surface area contributed by atoms with Crippen molar-refractivity contribution in [2.24, 2.45) is 5.92 Å². The molecular weight excluding hydrogens is 374 g/mol. The van der Waals surface area contributed by atoms with E-state index in [1.54, 1.807) is 6.20 Å². The molecule has 2 aromatic carbocycles. The number of para-hydroxylation sites is 1. The first-order chi connectivity index (χ1) is 14.7. The van der Waals surface area contributed by atoms with Crippen LogP contribution in [0, 0.1) is 5.92 Å². The second-order valence-electron chi connectivity index (χ2n) is 8.29. The fraction of sp³-hybridized carbons (Fsp3) is 0.320. The summed E-state index contributed by atoms with van der Waals surface area (Å²) in [5, 5.41) is 3.93. The molecule has 2 aliphatic rings. The number of pyridine rings is 1. The van der Waals surface area contributed by atoms with Gasteiger partial charge < -0.3 is 10.2 Å². The number of fused-ring (bicyclic) bond motifs is 2. The van der Waals surface area contributed by atoms with E-state index in [-0.39, 0.29) is 17.7 Å². The van der Waals surface area contributed by atoms with E-state index in [1.165, 1.54) is 6.42 Å². The summed E-state index contributed by atoms with van der Waals surface area (Å²) in [7, 11) is 0. The number of nitrogens with one attached hydrogen (secondary N) is 1. The predicted octanol–water partition coefficient (Wildman–Crippen LogP) is 4.96. The zero-order chi connectivity index (χ0) is 20.5. The lowest BCUT2D eigenvalue weighted by Gasteiger charge is -2.26. The van der Waals surface area contributed by atoms with Crippen LogP contribution in [-0.4, -0.2) is 23.3 Å². The average molecular weight is 399 g/mol. The Morgan fingerprint density at radius 1 is 1.00 bits per heavy atom. The molecule has 0 unspecified atom stereocenters. The van der Waals surface area contributed by atoms with Gasteiger partial charge in [0.2, 0.25) is 5.91 Å². The molecule has 1 fully saturated rings. The standard InChI is InChI=1S/C25H25N3O2/c29-24(27-21-15-18-8-4-5-9-22(18)26-16-21)20-10-11-23-19(14-20)12-13-28(23)25(30)17-6-2-1-3-7-17/h4-5,8-11,14-17H,1-3,6-7,12-13H2,(H,27,29). The average Bonchev–Trinajstić information content (AvgIpc) is 3.22. The predicted molar refractivity (Wildman–Crippen MR) is 119 cm³/mol. The highest BCUT2D eigenvalue weighted by Crippen LogP contribution is 2.33. The van der Waals surface area contributed by atoms with Gasteiger partial charge >= 0.3 is 0 Å². The first-order valence-corrected chi connectivity index (χ1v) is 10.8. The second kappa shape index (κ2) is 7.90. The summed E-state index contributed by atoms with van der Waals surface area (Å²) in [6.45, 7) is 0.713. The van der Waals surface area contributed by atoms with E-state index >= 15 is 0 Å². The van der Waals surface area contributed by atoms with Crippen molar-refractivity contribution in [3.8, 4) is 0 Å². The maximum atomic E-state index is 13.0. The van der Waals surface area contributed by atoms with E-state index < -0.39 is 0 Å². The minimum absolute atomic E-state index is 0.160. The summed E-state index contributed by atoms with van der Waals surface area (Å²) >= 11 is 0. The van der Waals surface area contributed by atoms with Crippen LogP contribution in [0.5, 0.6) is 0 Å². The van der Waals surface area contributed by atoms with Gasteiger partial charge in [-0.15, -0.1) is 0 Å². The SMILES string of the molecule is O=C(Nc1cnc2ccccc2c1)c1ccc2c(c1)CCN2C(=O)C1CCCCC1. The minimum Gasteiger partial charge on any atom is -0.321 e. The molecule has 1 aromatic heterocycles. The molecule has 1 aliphatic heterocycles. The van der Waals surface area contributed by atoms with Crippen molar-refractivity contribution < 1.29 is 9.59 Å². The van der Waals surface area contributed by atoms with E-state index in [1.807, 2.05) is 53.4 Å². The lowest BCUT2D eigenvalue weighted by Crippen LogP contribution is -2.35. The van der Waals surface area contributed by atoms with E-state index in [2.05, 4.69) is 10.3 Å². The summed E-state index contributed by atoms with van der Waals surface area (Å²) < 4.78 is 0. The van der Waals surface area contributed by atoms with Gasteiger partial charge in [0.25, 0.3) is 5.91 Å². The number of nitrogens with zero attached hydrogens (tertiary/aromatic N) is 2. The van der Waals surface area contributed by atoms with Crippen LogP contribution < -0.4 is 10.2 Å². The molecule has 1 saturated carbocycles. The van der Waals surface area contributed by atoms with Gasteiger partial charge in [-0.25, -0.2) is 0 Å². The van der Waals surface area contributed by atoms with Gasteiger partial charge in [0.05, 0.1) is 17.4 Å². The van der Waals surface area contributed by atoms with Gasteiger partial charge in [0.1, 0.15) is 0 Å². The van der Waals surface area contributed by atoms with Gasteiger partial charge in [-0.2, -0.15) is 0 Å². The molecule has 0 radical (unpaired) electrons. The molecule has 2 heterocycles. The van der Waals surface area contributed by atoms with E-state index in [4.69, 9.17) is 0 Å². The van der Waals surface area contributed by atoms with Crippen LogP contribution in [-0.2, 0) is 11.2 Å². The fourth-order valence-electron chi connectivity index (χ4n) is 4.68. The molecule has 0 atom stereocenters. The Labute approximate surface area is 176 Å². The first-order valence-electron chi connectivity index (χ1n) is 10.8. The Kier molecular flexibility index (Phi) is 4.95. The molecule has 5 heteroatoms. The number of hydrogen-bond donors (Lipinski definition) is 1. The number of carbonyl (C=O) groups excluding carboxylic acids is 2. The van der Waals surface area contributed by atoms with Gasteiger partial charge in [-0.3, -0.25) is 14.6 Å². The Morgan fingerprint density at radius 3 is 2.70 bits per heavy atom. The molecule has 1 N–H and O–H groups in total. The van der Waals surface area contributed by atoms with Crippen molar-refractivity contribution in [1.29, 1.82) is 0 Å². The summed E-state index contributed by atoms with van der Waals surface area (Å²) in [6.07, 6.45) is 8.03. The molecular formula is C25H25N3O2. The molecule has 0 spiro atoms. The Balaban J connectivity index is 1.32. The van der Waals surface area contributed by atoms with Crippen LogP contribution in [0.25, 0.3) is 10.9 Å². The van der Waals surface area contributed by atoms with Crippen LogP contribution in [0.4, 0.5) is 11.4 Å². The lowest BCUT2D eigenvalue weighted by molar-refractivity contribution is -0.123. The van der Waals surface area contributed by atoms with Crippen molar-refractivity contribution in [2.45, 2.75) is 38.5 Å². The van der Waals surface area contributed by atoms with Crippen molar-refractivity contribution in [3.05, 3.63) is 65.9 Å². The zero-order valence-corrected chi connectivity index (χ0v) is 16.9. The summed E-state index contributed by atoms with van der Waals surface area (Å²) in [5.74, 6) is 0.257. The van der Waals surface area contributed by atoms with Crippen LogP contribution >= 0.6 is 0 Å². The number of amides is 2. The zero-order valence-electron chi connectivity index (χ0n) is 16.9. The topological polar surface area (TPSA) is 62.3 Å². The monoisotopic (exact) mass is 399 g/mol. The number of carbonyl (C=O) groups is 2. The van der Waals surface area contributed by atoms with E-state index in [9.17, 15) is 9.59 Å². The van der Waals surface area contributed by atoms with Crippen molar-refractivity contribution in [3.63, 3.8) is 0 Å².